The van der Waals surface area contributed by atoms with Gasteiger partial charge in [-0.2, -0.15) is 0 Å². The Bertz CT molecular complexity index is 498. The van der Waals surface area contributed by atoms with Crippen molar-refractivity contribution in [3.63, 3.8) is 0 Å². The molecule has 0 saturated carbocycles. The first kappa shape index (κ1) is 8.71. The summed E-state index contributed by atoms with van der Waals surface area (Å²) in [6, 6.07) is 0. The average Bonchev–Trinajstić information content (AvgIpc) is 2.38. The van der Waals surface area contributed by atoms with E-state index in [1.807, 2.05) is 4.72 Å². The van der Waals surface area contributed by atoms with Crippen LogP contribution >= 0.6 is 11.3 Å². The third-order valence-corrected chi connectivity index (χ3v) is 5.11. The highest BCUT2D eigenvalue weighted by atomic mass is 32.2. The highest BCUT2D eigenvalue weighted by Gasteiger charge is 2.36. The second-order valence-electron chi connectivity index (χ2n) is 2.88. The first-order chi connectivity index (χ1) is 5.93. The Morgan fingerprint density at radius 1 is 1.31 bits per heavy atom. The molecule has 1 amide bonds. The molecule has 2 rings (SSSR count). The Kier molecular flexibility index (Phi) is 1.56. The lowest BCUT2D eigenvalue weighted by Gasteiger charge is -1.93. The lowest BCUT2D eigenvalue weighted by molar-refractivity contribution is 0.0985. The summed E-state index contributed by atoms with van der Waals surface area (Å²) in [5, 5.41) is 0. The van der Waals surface area contributed by atoms with Crippen molar-refractivity contribution < 1.29 is 13.2 Å². The van der Waals surface area contributed by atoms with Crippen LogP contribution in [0.2, 0.25) is 0 Å². The predicted molar refractivity (Wildman–Crippen MR) is 48.4 cm³/mol. The summed E-state index contributed by atoms with van der Waals surface area (Å²) >= 11 is 1.14. The van der Waals surface area contributed by atoms with Crippen molar-refractivity contribution in [2.24, 2.45) is 0 Å². The molecule has 6 heteroatoms. The fraction of sp³-hybridized carbons (Fsp3) is 0.286. The lowest BCUT2D eigenvalue weighted by atomic mass is 10.2. The molecule has 2 heterocycles. The van der Waals surface area contributed by atoms with E-state index >= 15 is 0 Å². The normalized spacial score (nSPS) is 18.5. The van der Waals surface area contributed by atoms with Crippen molar-refractivity contribution in [3.8, 4) is 0 Å². The van der Waals surface area contributed by atoms with Crippen LogP contribution in [0.3, 0.4) is 0 Å². The molecule has 0 spiro atoms. The van der Waals surface area contributed by atoms with Crippen molar-refractivity contribution >= 4 is 27.3 Å². The molecule has 1 aromatic heterocycles. The topological polar surface area (TPSA) is 63.2 Å². The molecule has 0 saturated heterocycles. The molecule has 4 nitrogen and oxygen atoms in total. The fourth-order valence-electron chi connectivity index (χ4n) is 1.27. The number of fused-ring (bicyclic) bond motifs is 1. The number of carbonyl (C=O) groups is 1. The predicted octanol–water partition coefficient (Wildman–Crippen LogP) is 0.797. The van der Waals surface area contributed by atoms with Gasteiger partial charge in [0, 0.05) is 4.88 Å². The lowest BCUT2D eigenvalue weighted by Crippen LogP contribution is -2.21. The van der Waals surface area contributed by atoms with Crippen LogP contribution < -0.4 is 4.72 Å². The number of rotatable bonds is 0. The highest BCUT2D eigenvalue weighted by Crippen LogP contribution is 2.34. The minimum atomic E-state index is -3.54. The number of aryl methyl sites for hydroxylation is 1. The van der Waals surface area contributed by atoms with Crippen molar-refractivity contribution in [3.05, 3.63) is 16.0 Å². The number of carbonyl (C=O) groups excluding carboxylic acids is 1. The molecule has 1 aromatic rings. The first-order valence-electron chi connectivity index (χ1n) is 3.60. The van der Waals surface area contributed by atoms with Gasteiger partial charge in [0.05, 0.1) is 5.56 Å². The largest absolute Gasteiger partial charge is 0.274 e. The molecular weight excluding hydrogens is 210 g/mol. The third-order valence-electron chi connectivity index (χ3n) is 2.05. The number of hydrogen-bond acceptors (Lipinski definition) is 4. The standard InChI is InChI=1S/C7H7NO3S2/c1-3-4(2)12-7-5(3)6(9)8-13(7,10)11/h1-2H3,(H,8,9). The van der Waals surface area contributed by atoms with Gasteiger partial charge in [-0.3, -0.25) is 4.79 Å². The van der Waals surface area contributed by atoms with E-state index in [9.17, 15) is 13.2 Å². The Balaban J connectivity index is 2.87. The SMILES string of the molecule is Cc1sc2c(c1C)C(=O)NS2(=O)=O. The smallest absolute Gasteiger partial charge is 0.268 e. The molecule has 0 radical (unpaired) electrons. The Labute approximate surface area is 79.6 Å². The van der Waals surface area contributed by atoms with Gasteiger partial charge in [-0.05, 0) is 19.4 Å². The summed E-state index contributed by atoms with van der Waals surface area (Å²) in [4.78, 5) is 12.1. The van der Waals surface area contributed by atoms with Crippen LogP contribution in [0, 0.1) is 13.8 Å². The summed E-state index contributed by atoms with van der Waals surface area (Å²) in [6.07, 6.45) is 0. The van der Waals surface area contributed by atoms with Crippen molar-refractivity contribution in [2.75, 3.05) is 0 Å². The number of sulfonamides is 1. The average molecular weight is 217 g/mol. The summed E-state index contributed by atoms with van der Waals surface area (Å²) in [7, 11) is -3.54. The Hall–Kier alpha value is -0.880. The number of thiophene rings is 1. The van der Waals surface area contributed by atoms with Crippen LogP contribution in [0.1, 0.15) is 20.8 Å². The van der Waals surface area contributed by atoms with Gasteiger partial charge >= 0.3 is 0 Å². The molecule has 0 atom stereocenters. The van der Waals surface area contributed by atoms with Gasteiger partial charge in [0.1, 0.15) is 0 Å². The number of amides is 1. The highest BCUT2D eigenvalue weighted by molar-refractivity contribution is 7.92. The van der Waals surface area contributed by atoms with Crippen LogP contribution in [-0.4, -0.2) is 14.3 Å². The molecule has 0 bridgehead atoms. The van der Waals surface area contributed by atoms with Gasteiger partial charge in [-0.15, -0.1) is 11.3 Å². The van der Waals surface area contributed by atoms with Crippen molar-refractivity contribution in [2.45, 2.75) is 18.1 Å². The molecular formula is C7H7NO3S2. The minimum absolute atomic E-state index is 0.160. The first-order valence-corrected chi connectivity index (χ1v) is 5.90. The van der Waals surface area contributed by atoms with Gasteiger partial charge in [0.25, 0.3) is 15.9 Å². The van der Waals surface area contributed by atoms with E-state index in [0.29, 0.717) is 5.56 Å². The quantitative estimate of drug-likeness (QED) is 0.699. The van der Waals surface area contributed by atoms with E-state index in [4.69, 9.17) is 0 Å². The molecule has 0 aliphatic carbocycles. The zero-order chi connectivity index (χ0) is 9.80. The van der Waals surface area contributed by atoms with E-state index in [2.05, 4.69) is 0 Å². The summed E-state index contributed by atoms with van der Waals surface area (Å²) in [5.41, 5.74) is 1.08. The fourth-order valence-corrected chi connectivity index (χ4v) is 4.04. The maximum atomic E-state index is 11.3. The second-order valence-corrected chi connectivity index (χ2v) is 5.98. The number of nitrogens with one attached hydrogen (secondary N) is 1. The van der Waals surface area contributed by atoms with E-state index < -0.39 is 15.9 Å². The van der Waals surface area contributed by atoms with Gasteiger partial charge in [-0.25, -0.2) is 13.1 Å². The maximum Gasteiger partial charge on any atom is 0.274 e. The molecule has 1 N–H and O–H groups in total. The van der Waals surface area contributed by atoms with E-state index in [-0.39, 0.29) is 4.21 Å². The van der Waals surface area contributed by atoms with Gasteiger partial charge in [-0.1, -0.05) is 0 Å². The number of hydrogen-bond donors (Lipinski definition) is 1. The third kappa shape index (κ3) is 1.02. The maximum absolute atomic E-state index is 11.3. The van der Waals surface area contributed by atoms with E-state index in [1.165, 1.54) is 0 Å². The van der Waals surface area contributed by atoms with Crippen LogP contribution in [0.4, 0.5) is 0 Å². The zero-order valence-electron chi connectivity index (χ0n) is 7.04. The molecule has 70 valence electrons. The van der Waals surface area contributed by atoms with Gasteiger partial charge in [0.2, 0.25) is 0 Å². The van der Waals surface area contributed by atoms with E-state index in [1.54, 1.807) is 13.8 Å². The molecule has 1 aliphatic rings. The second kappa shape index (κ2) is 2.33. The zero-order valence-corrected chi connectivity index (χ0v) is 8.67. The minimum Gasteiger partial charge on any atom is -0.268 e. The summed E-state index contributed by atoms with van der Waals surface area (Å²) in [6.45, 7) is 3.56. The van der Waals surface area contributed by atoms with Crippen molar-refractivity contribution in [1.29, 1.82) is 0 Å². The van der Waals surface area contributed by atoms with Gasteiger partial charge < -0.3 is 0 Å². The molecule has 1 aliphatic heterocycles. The summed E-state index contributed by atoms with van der Waals surface area (Å²) in [5.74, 6) is -0.503. The van der Waals surface area contributed by atoms with E-state index in [0.717, 1.165) is 21.8 Å². The van der Waals surface area contributed by atoms with Crippen LogP contribution in [-0.2, 0) is 10.0 Å². The monoisotopic (exact) mass is 217 g/mol. The molecule has 0 aromatic carbocycles. The molecule has 13 heavy (non-hydrogen) atoms. The molecule has 0 fully saturated rings. The molecule has 0 unspecified atom stereocenters. The summed E-state index contributed by atoms with van der Waals surface area (Å²) < 4.78 is 24.7. The van der Waals surface area contributed by atoms with Crippen molar-refractivity contribution in [1.82, 2.24) is 4.72 Å². The Morgan fingerprint density at radius 3 is 2.46 bits per heavy atom. The van der Waals surface area contributed by atoms with Crippen LogP contribution in [0.5, 0.6) is 0 Å². The van der Waals surface area contributed by atoms with Crippen LogP contribution in [0.15, 0.2) is 4.21 Å². The van der Waals surface area contributed by atoms with Crippen LogP contribution in [0.25, 0.3) is 0 Å². The Morgan fingerprint density at radius 2 is 1.92 bits per heavy atom. The van der Waals surface area contributed by atoms with Gasteiger partial charge in [0.15, 0.2) is 4.21 Å².